The number of hydrogen-bond donors (Lipinski definition) is 3. The molecule has 38 heavy (non-hydrogen) atoms. The van der Waals surface area contributed by atoms with Crippen LogP contribution in [0.5, 0.6) is 0 Å². The molecule has 0 radical (unpaired) electrons. The Bertz CT molecular complexity index is 1020. The first-order valence-corrected chi connectivity index (χ1v) is 10.3. The zero-order valence-corrected chi connectivity index (χ0v) is 24.1. The standard InChI is InChI=1S/4C7H6O2.Na.H3P/c4*8-7(9)6-4-2-1-3-5-6;;/h4*1-5H,(H,8,9);;1H3/q;;;;+1;/p-1. The van der Waals surface area contributed by atoms with Gasteiger partial charge in [0.05, 0.1) is 22.7 Å². The average Bonchev–Trinajstić information content (AvgIpc) is 2.92. The molecule has 0 aliphatic carbocycles. The van der Waals surface area contributed by atoms with E-state index >= 15 is 0 Å². The Hall–Kier alpha value is -3.81. The van der Waals surface area contributed by atoms with E-state index in [1.54, 1.807) is 109 Å². The van der Waals surface area contributed by atoms with Crippen LogP contribution in [0.4, 0.5) is 0 Å². The maximum absolute atomic E-state index is 10.2. The second kappa shape index (κ2) is 21.3. The summed E-state index contributed by atoms with van der Waals surface area (Å²) in [5.74, 6) is -3.77. The number of carboxylic acids is 4. The number of carbonyl (C=O) groups excluding carboxylic acids is 1. The molecule has 0 saturated heterocycles. The van der Waals surface area contributed by atoms with Crippen molar-refractivity contribution in [2.24, 2.45) is 0 Å². The zero-order valence-electron chi connectivity index (χ0n) is 20.6. The van der Waals surface area contributed by atoms with Crippen LogP contribution in [-0.2, 0) is 0 Å². The van der Waals surface area contributed by atoms with E-state index in [-0.39, 0.29) is 45.0 Å². The van der Waals surface area contributed by atoms with E-state index in [0.717, 1.165) is 0 Å². The second-order valence-corrected chi connectivity index (χ2v) is 6.67. The van der Waals surface area contributed by atoms with Crippen LogP contribution in [0.2, 0.25) is 0 Å². The predicted octanol–water partition coefficient (Wildman–Crippen LogP) is 1.27. The van der Waals surface area contributed by atoms with Crippen molar-refractivity contribution in [2.45, 2.75) is 0 Å². The SMILES string of the molecule is O=C(O)c1ccccc1.O=C(O)c1ccccc1.O=C(O)c1ccccc1.O=C([O-])c1ccccc1.P.[Na+]. The molecule has 0 aliphatic heterocycles. The second-order valence-electron chi connectivity index (χ2n) is 6.67. The molecule has 0 aromatic heterocycles. The minimum absolute atomic E-state index is 0. The summed E-state index contributed by atoms with van der Waals surface area (Å²) in [7, 11) is 0. The van der Waals surface area contributed by atoms with E-state index in [2.05, 4.69) is 0 Å². The Morgan fingerprint density at radius 2 is 0.605 bits per heavy atom. The minimum atomic E-state index is -1.13. The summed E-state index contributed by atoms with van der Waals surface area (Å²) in [6.45, 7) is 0. The van der Waals surface area contributed by atoms with Crippen LogP contribution in [0.25, 0.3) is 0 Å². The summed E-state index contributed by atoms with van der Waals surface area (Å²) in [4.78, 5) is 40.7. The maximum atomic E-state index is 10.2. The molecule has 8 nitrogen and oxygen atoms in total. The van der Waals surface area contributed by atoms with Crippen molar-refractivity contribution in [3.8, 4) is 0 Å². The number of aromatic carboxylic acids is 4. The van der Waals surface area contributed by atoms with Gasteiger partial charge in [0.1, 0.15) is 0 Å². The van der Waals surface area contributed by atoms with E-state index in [1.807, 2.05) is 0 Å². The molecule has 4 rings (SSSR count). The predicted molar refractivity (Wildman–Crippen MR) is 142 cm³/mol. The van der Waals surface area contributed by atoms with Crippen molar-refractivity contribution in [3.63, 3.8) is 0 Å². The van der Waals surface area contributed by atoms with Crippen LogP contribution < -0.4 is 34.7 Å². The van der Waals surface area contributed by atoms with E-state index < -0.39 is 23.9 Å². The van der Waals surface area contributed by atoms with Crippen LogP contribution in [0.15, 0.2) is 121 Å². The Kier molecular flexibility index (Phi) is 20.4. The summed E-state index contributed by atoms with van der Waals surface area (Å²) in [6.07, 6.45) is 0. The maximum Gasteiger partial charge on any atom is 1.00 e. The number of rotatable bonds is 4. The molecule has 0 bridgehead atoms. The third kappa shape index (κ3) is 16.0. The molecule has 0 saturated carbocycles. The van der Waals surface area contributed by atoms with Crippen molar-refractivity contribution in [2.75, 3.05) is 0 Å². The van der Waals surface area contributed by atoms with Gasteiger partial charge in [-0.3, -0.25) is 0 Å². The first-order chi connectivity index (χ1) is 17.2. The fraction of sp³-hybridized carbons (Fsp3) is 0. The van der Waals surface area contributed by atoms with Gasteiger partial charge in [0.2, 0.25) is 0 Å². The summed E-state index contributed by atoms with van der Waals surface area (Å²) in [6, 6.07) is 32.9. The molecule has 4 aromatic carbocycles. The monoisotopic (exact) mass is 544 g/mol. The van der Waals surface area contributed by atoms with Crippen molar-refractivity contribution in [1.29, 1.82) is 0 Å². The fourth-order valence-electron chi connectivity index (χ4n) is 2.32. The van der Waals surface area contributed by atoms with Crippen molar-refractivity contribution in [3.05, 3.63) is 144 Å². The summed E-state index contributed by atoms with van der Waals surface area (Å²) < 4.78 is 0. The molecule has 1 atom stereocenters. The van der Waals surface area contributed by atoms with Gasteiger partial charge in [0.25, 0.3) is 0 Å². The normalized spacial score (nSPS) is 8.42. The van der Waals surface area contributed by atoms with Crippen LogP contribution >= 0.6 is 9.90 Å². The van der Waals surface area contributed by atoms with Gasteiger partial charge < -0.3 is 25.2 Å². The van der Waals surface area contributed by atoms with E-state index in [4.69, 9.17) is 15.3 Å². The summed E-state index contributed by atoms with van der Waals surface area (Å²) in [5, 5.41) is 35.2. The van der Waals surface area contributed by atoms with Gasteiger partial charge in [-0.15, -0.1) is 0 Å². The van der Waals surface area contributed by atoms with Crippen LogP contribution in [0, 0.1) is 0 Å². The molecule has 192 valence electrons. The molecule has 0 amide bonds. The smallest absolute Gasteiger partial charge is 0.545 e. The number of hydrogen-bond acceptors (Lipinski definition) is 5. The summed E-state index contributed by atoms with van der Waals surface area (Å²) in [5.41, 5.74) is 1.21. The van der Waals surface area contributed by atoms with E-state index in [1.165, 1.54) is 12.1 Å². The Labute approximate surface area is 245 Å². The molecular weight excluding hydrogens is 518 g/mol. The van der Waals surface area contributed by atoms with Gasteiger partial charge in [-0.25, -0.2) is 14.4 Å². The van der Waals surface area contributed by atoms with Crippen LogP contribution in [0.3, 0.4) is 0 Å². The third-order valence-corrected chi connectivity index (χ3v) is 4.07. The van der Waals surface area contributed by atoms with E-state index in [9.17, 15) is 24.3 Å². The number of carbonyl (C=O) groups is 4. The van der Waals surface area contributed by atoms with Crippen molar-refractivity contribution >= 4 is 33.8 Å². The van der Waals surface area contributed by atoms with Gasteiger partial charge >= 0.3 is 47.5 Å². The molecule has 4 aromatic rings. The first-order valence-electron chi connectivity index (χ1n) is 10.3. The van der Waals surface area contributed by atoms with Crippen LogP contribution in [0.1, 0.15) is 41.4 Å². The number of benzene rings is 4. The Balaban J connectivity index is 0. The first kappa shape index (κ1) is 36.3. The molecule has 0 fully saturated rings. The molecule has 3 N–H and O–H groups in total. The third-order valence-electron chi connectivity index (χ3n) is 4.07. The molecule has 0 aliphatic rings. The topological polar surface area (TPSA) is 152 Å². The fourth-order valence-corrected chi connectivity index (χ4v) is 2.32. The molecule has 1 unspecified atom stereocenters. The van der Waals surface area contributed by atoms with Gasteiger partial charge in [0.15, 0.2) is 0 Å². The van der Waals surface area contributed by atoms with Gasteiger partial charge in [0, 0.05) is 0 Å². The van der Waals surface area contributed by atoms with Crippen molar-refractivity contribution < 1.29 is 69.2 Å². The number of carboxylic acid groups (broad SMARTS) is 4. The largest absolute Gasteiger partial charge is 1.00 e. The molecular formula is C28H26NaO8P. The minimum Gasteiger partial charge on any atom is -0.545 e. The Morgan fingerprint density at radius 3 is 0.711 bits per heavy atom. The summed E-state index contributed by atoms with van der Waals surface area (Å²) >= 11 is 0. The van der Waals surface area contributed by atoms with Gasteiger partial charge in [-0.05, 0) is 42.0 Å². The van der Waals surface area contributed by atoms with Gasteiger partial charge in [-0.1, -0.05) is 84.9 Å². The quantitative estimate of drug-likeness (QED) is 0.257. The molecule has 10 heteroatoms. The van der Waals surface area contributed by atoms with Crippen LogP contribution in [-0.4, -0.2) is 39.2 Å². The molecule has 0 spiro atoms. The van der Waals surface area contributed by atoms with Crippen molar-refractivity contribution in [1.82, 2.24) is 0 Å². The zero-order chi connectivity index (χ0) is 26.8. The molecule has 0 heterocycles. The van der Waals surface area contributed by atoms with Gasteiger partial charge in [-0.2, -0.15) is 9.90 Å². The average molecular weight is 544 g/mol. The van der Waals surface area contributed by atoms with E-state index in [0.29, 0.717) is 16.7 Å². The Morgan fingerprint density at radius 1 is 0.421 bits per heavy atom.